The second-order valence-electron chi connectivity index (χ2n) is 3.15. The van der Waals surface area contributed by atoms with Crippen LogP contribution in [-0.4, -0.2) is 60.9 Å². The number of hydrogen-bond donors (Lipinski definition) is 0. The fraction of sp³-hybridized carbons (Fsp3) is 1.00. The molecule has 0 aromatic rings. The Balaban J connectivity index is 4.32. The Morgan fingerprint density at radius 2 is 1.47 bits per heavy atom. The molecule has 0 rings (SSSR count). The molecule has 0 aliphatic heterocycles. The van der Waals surface area contributed by atoms with Crippen LogP contribution in [0.15, 0.2) is 0 Å². The first kappa shape index (κ1) is 14.8. The summed E-state index contributed by atoms with van der Waals surface area (Å²) >= 11 is 0. The van der Waals surface area contributed by atoms with Crippen molar-refractivity contribution < 1.29 is 26.3 Å². The summed E-state index contributed by atoms with van der Waals surface area (Å²) in [6.07, 6.45) is 0.140. The number of methoxy groups -OCH3 is 2. The third-order valence-electron chi connectivity index (χ3n) is 1.68. The van der Waals surface area contributed by atoms with Gasteiger partial charge in [0.25, 0.3) is 0 Å². The average Bonchev–Trinajstić information content (AvgIpc) is 2.10. The lowest BCUT2D eigenvalue weighted by atomic mass is 10.7. The number of sulfone groups is 2. The lowest BCUT2D eigenvalue weighted by Gasteiger charge is -2.12. The predicted octanol–water partition coefficient (Wildman–Crippen LogP) is -0.935. The molecule has 0 aliphatic rings. The zero-order valence-corrected chi connectivity index (χ0v) is 10.6. The van der Waals surface area contributed by atoms with Crippen LogP contribution in [-0.2, 0) is 29.1 Å². The highest BCUT2D eigenvalue weighted by Gasteiger charge is 2.20. The molecule has 8 heteroatoms. The van der Waals surface area contributed by atoms with E-state index >= 15 is 0 Å². The first-order chi connectivity index (χ1) is 6.70. The highest BCUT2D eigenvalue weighted by Crippen LogP contribution is 2.00. The molecule has 0 radical (unpaired) electrons. The molecule has 0 heterocycles. The van der Waals surface area contributed by atoms with E-state index in [0.717, 1.165) is 6.26 Å². The van der Waals surface area contributed by atoms with Crippen molar-refractivity contribution in [3.63, 3.8) is 0 Å². The topological polar surface area (TPSA) is 86.7 Å². The summed E-state index contributed by atoms with van der Waals surface area (Å²) in [6.45, 7) is 0. The summed E-state index contributed by atoms with van der Waals surface area (Å²) in [4.78, 5) is 0. The number of ether oxygens (including phenoxy) is 2. The molecule has 0 spiro atoms. The maximum Gasteiger partial charge on any atom is 0.170 e. The maximum atomic E-state index is 11.4. The molecule has 0 unspecified atom stereocenters. The second-order valence-corrected chi connectivity index (χ2v) is 7.63. The molecule has 0 bridgehead atoms. The Hall–Kier alpha value is -0.180. The van der Waals surface area contributed by atoms with Gasteiger partial charge in [-0.05, 0) is 0 Å². The first-order valence-corrected chi connectivity index (χ1v) is 8.02. The maximum absolute atomic E-state index is 11.4. The van der Waals surface area contributed by atoms with Gasteiger partial charge in [0.15, 0.2) is 16.1 Å². The third-order valence-corrected chi connectivity index (χ3v) is 4.49. The van der Waals surface area contributed by atoms with Crippen molar-refractivity contribution in [1.82, 2.24) is 0 Å². The van der Waals surface area contributed by atoms with Crippen molar-refractivity contribution in [2.45, 2.75) is 6.29 Å². The minimum Gasteiger partial charge on any atom is -0.355 e. The van der Waals surface area contributed by atoms with Crippen molar-refractivity contribution >= 4 is 19.7 Å². The van der Waals surface area contributed by atoms with E-state index in [0.29, 0.717) is 0 Å². The molecule has 0 aromatic carbocycles. The van der Waals surface area contributed by atoms with Gasteiger partial charge in [0.2, 0.25) is 0 Å². The Bertz CT molecular complexity index is 364. The van der Waals surface area contributed by atoms with Gasteiger partial charge >= 0.3 is 0 Å². The Morgan fingerprint density at radius 1 is 1.00 bits per heavy atom. The summed E-state index contributed by atoms with van der Waals surface area (Å²) in [5, 5.41) is 0. The van der Waals surface area contributed by atoms with Crippen molar-refractivity contribution in [2.24, 2.45) is 0 Å². The van der Waals surface area contributed by atoms with Crippen molar-refractivity contribution in [3.8, 4) is 0 Å². The average molecular weight is 260 g/mol. The van der Waals surface area contributed by atoms with Crippen LogP contribution in [0.3, 0.4) is 0 Å². The monoisotopic (exact) mass is 260 g/mol. The minimum atomic E-state index is -3.47. The van der Waals surface area contributed by atoms with E-state index < -0.39 is 31.7 Å². The van der Waals surface area contributed by atoms with Gasteiger partial charge in [-0.3, -0.25) is 0 Å². The molecule has 0 aliphatic carbocycles. The van der Waals surface area contributed by atoms with Gasteiger partial charge in [0.05, 0.1) is 11.5 Å². The summed E-state index contributed by atoms with van der Waals surface area (Å²) < 4.78 is 53.7. The molecule has 0 N–H and O–H groups in total. The Kier molecular flexibility index (Phi) is 5.71. The smallest absolute Gasteiger partial charge is 0.170 e. The van der Waals surface area contributed by atoms with Crippen LogP contribution < -0.4 is 0 Å². The van der Waals surface area contributed by atoms with Crippen LogP contribution in [0.1, 0.15) is 0 Å². The van der Waals surface area contributed by atoms with E-state index in [-0.39, 0.29) is 11.5 Å². The SMILES string of the molecule is COC(CS(=O)(=O)CCS(C)(=O)=O)OC. The molecule has 15 heavy (non-hydrogen) atoms. The van der Waals surface area contributed by atoms with E-state index in [1.807, 2.05) is 0 Å². The van der Waals surface area contributed by atoms with Gasteiger partial charge in [-0.15, -0.1) is 0 Å². The molecule has 0 amide bonds. The minimum absolute atomic E-state index is 0.338. The van der Waals surface area contributed by atoms with Gasteiger partial charge in [-0.2, -0.15) is 0 Å². The molecule has 0 aromatic heterocycles. The third kappa shape index (κ3) is 7.71. The summed E-state index contributed by atoms with van der Waals surface area (Å²) in [5.74, 6) is -1.12. The van der Waals surface area contributed by atoms with Gasteiger partial charge in [-0.1, -0.05) is 0 Å². The van der Waals surface area contributed by atoms with Crippen molar-refractivity contribution in [1.29, 1.82) is 0 Å². The summed E-state index contributed by atoms with van der Waals surface area (Å²) in [5.41, 5.74) is 0. The highest BCUT2D eigenvalue weighted by molar-refractivity contribution is 7.94. The van der Waals surface area contributed by atoms with Crippen molar-refractivity contribution in [3.05, 3.63) is 0 Å². The standard InChI is InChI=1S/C7H16O6S2/c1-12-7(13-2)6-15(10,11)5-4-14(3,8)9/h7H,4-6H2,1-3H3. The largest absolute Gasteiger partial charge is 0.355 e. The Morgan fingerprint density at radius 3 is 1.80 bits per heavy atom. The van der Waals surface area contributed by atoms with Crippen LogP contribution in [0.5, 0.6) is 0 Å². The van der Waals surface area contributed by atoms with E-state index in [1.54, 1.807) is 0 Å². The van der Waals surface area contributed by atoms with Gasteiger partial charge in [0.1, 0.15) is 15.6 Å². The van der Waals surface area contributed by atoms with Gasteiger partial charge < -0.3 is 9.47 Å². The fourth-order valence-corrected chi connectivity index (χ4v) is 3.88. The summed E-state index contributed by atoms with van der Waals surface area (Å²) in [6, 6.07) is 0. The van der Waals surface area contributed by atoms with E-state index in [4.69, 9.17) is 9.47 Å². The van der Waals surface area contributed by atoms with Crippen LogP contribution in [0.4, 0.5) is 0 Å². The number of hydrogen-bond acceptors (Lipinski definition) is 6. The van der Waals surface area contributed by atoms with Crippen LogP contribution in [0.25, 0.3) is 0 Å². The van der Waals surface area contributed by atoms with Crippen LogP contribution in [0, 0.1) is 0 Å². The van der Waals surface area contributed by atoms with E-state index in [1.165, 1.54) is 14.2 Å². The molecule has 6 nitrogen and oxygen atoms in total. The second kappa shape index (κ2) is 5.78. The highest BCUT2D eigenvalue weighted by atomic mass is 32.2. The molecular formula is C7H16O6S2. The zero-order chi connectivity index (χ0) is 12.1. The summed E-state index contributed by atoms with van der Waals surface area (Å²) in [7, 11) is -4.10. The Labute approximate surface area is 90.4 Å². The predicted molar refractivity (Wildman–Crippen MR) is 56.2 cm³/mol. The zero-order valence-electron chi connectivity index (χ0n) is 8.96. The molecule has 0 saturated carbocycles. The van der Waals surface area contributed by atoms with Crippen LogP contribution in [0.2, 0.25) is 0 Å². The molecule has 92 valence electrons. The van der Waals surface area contributed by atoms with Crippen molar-refractivity contribution in [2.75, 3.05) is 37.7 Å². The van der Waals surface area contributed by atoms with E-state index in [2.05, 4.69) is 0 Å². The molecule has 0 atom stereocenters. The molecule has 0 saturated heterocycles. The van der Waals surface area contributed by atoms with Gasteiger partial charge in [-0.25, -0.2) is 16.8 Å². The lowest BCUT2D eigenvalue weighted by molar-refractivity contribution is -0.0851. The van der Waals surface area contributed by atoms with Gasteiger partial charge in [0, 0.05) is 20.5 Å². The van der Waals surface area contributed by atoms with Crippen LogP contribution >= 0.6 is 0 Å². The number of rotatable bonds is 7. The first-order valence-electron chi connectivity index (χ1n) is 4.14. The quantitative estimate of drug-likeness (QED) is 0.549. The fourth-order valence-electron chi connectivity index (χ4n) is 0.801. The van der Waals surface area contributed by atoms with E-state index in [9.17, 15) is 16.8 Å². The molecular weight excluding hydrogens is 244 g/mol. The normalized spacial score (nSPS) is 13.3. The molecule has 0 fully saturated rings. The lowest BCUT2D eigenvalue weighted by Crippen LogP contribution is -2.28.